The molecule has 0 aromatic heterocycles. The number of aromatic hydroxyl groups is 1. The standard InChI is InChI=1S/C37H54N2O7/c1-4-21-45-37-33(39(2)34(43)18-15-25-11-5-6-12-25)24-31(38-44-3)29-22-26(13-7-9-19-40)28(14-8-10-20-41)35(36(29)37)30-23-27(42)16-17-32(30)46-37/h4,16-17,22-23,25-26,28,33,35-36,40-42H,1,5-15,18-21,24H2,2-3H3. The van der Waals surface area contributed by atoms with Gasteiger partial charge < -0.3 is 34.5 Å². The highest BCUT2D eigenvalue weighted by molar-refractivity contribution is 6.03. The Morgan fingerprint density at radius 3 is 2.57 bits per heavy atom. The summed E-state index contributed by atoms with van der Waals surface area (Å²) in [5.74, 6) is 0.0954. The first-order valence-corrected chi connectivity index (χ1v) is 17.4. The van der Waals surface area contributed by atoms with Crippen LogP contribution in [0.15, 0.2) is 47.7 Å². The highest BCUT2D eigenvalue weighted by atomic mass is 16.7. The summed E-state index contributed by atoms with van der Waals surface area (Å²) in [7, 11) is 3.42. The summed E-state index contributed by atoms with van der Waals surface area (Å²) in [4.78, 5) is 21.2. The highest BCUT2D eigenvalue weighted by Gasteiger charge is 2.65. The summed E-state index contributed by atoms with van der Waals surface area (Å²) in [6, 6.07) is 4.79. The Balaban J connectivity index is 1.65. The van der Waals surface area contributed by atoms with E-state index in [1.54, 1.807) is 19.3 Å². The van der Waals surface area contributed by atoms with Gasteiger partial charge in [0.1, 0.15) is 24.7 Å². The molecule has 2 fully saturated rings. The third kappa shape index (κ3) is 7.02. The van der Waals surface area contributed by atoms with Crippen LogP contribution in [-0.4, -0.2) is 77.6 Å². The molecule has 1 aromatic rings. The number of carbonyl (C=O) groups is 1. The minimum Gasteiger partial charge on any atom is -0.508 e. The molecule has 2 saturated carbocycles. The monoisotopic (exact) mass is 638 g/mol. The third-order valence-electron chi connectivity index (χ3n) is 11.0. The van der Waals surface area contributed by atoms with Crippen LogP contribution >= 0.6 is 0 Å². The fraction of sp³-hybridized carbons (Fsp3) is 0.676. The molecule has 0 radical (unpaired) electrons. The van der Waals surface area contributed by atoms with Gasteiger partial charge in [-0.25, -0.2) is 0 Å². The maximum atomic E-state index is 14.0. The number of hydrogen-bond acceptors (Lipinski definition) is 8. The number of fused-ring (bicyclic) bond motifs is 2. The molecule has 1 amide bonds. The zero-order valence-electron chi connectivity index (χ0n) is 27.7. The van der Waals surface area contributed by atoms with Crippen LogP contribution in [0.2, 0.25) is 0 Å². The van der Waals surface area contributed by atoms with Crippen LogP contribution in [0.1, 0.15) is 95.0 Å². The molecule has 9 heteroatoms. The van der Waals surface area contributed by atoms with Crippen LogP contribution in [0.5, 0.6) is 11.5 Å². The van der Waals surface area contributed by atoms with Gasteiger partial charge in [0, 0.05) is 44.6 Å². The molecule has 6 atom stereocenters. The molecule has 254 valence electrons. The van der Waals surface area contributed by atoms with E-state index >= 15 is 0 Å². The molecule has 0 saturated heterocycles. The molecule has 0 bridgehead atoms. The lowest BCUT2D eigenvalue weighted by atomic mass is 9.55. The Labute approximate surface area is 274 Å². The van der Waals surface area contributed by atoms with Crippen molar-refractivity contribution in [3.63, 3.8) is 0 Å². The summed E-state index contributed by atoms with van der Waals surface area (Å²) >= 11 is 0. The number of amides is 1. The zero-order chi connectivity index (χ0) is 32.7. The van der Waals surface area contributed by atoms with E-state index in [2.05, 4.69) is 17.8 Å². The Hall–Kier alpha value is -2.88. The normalized spacial score (nSPS) is 29.4. The Morgan fingerprint density at radius 2 is 1.87 bits per heavy atom. The van der Waals surface area contributed by atoms with Crippen LogP contribution in [0.3, 0.4) is 0 Å². The van der Waals surface area contributed by atoms with Gasteiger partial charge in [0.2, 0.25) is 11.7 Å². The number of ether oxygens (including phenoxy) is 2. The van der Waals surface area contributed by atoms with Crippen molar-refractivity contribution in [3.8, 4) is 11.5 Å². The van der Waals surface area contributed by atoms with E-state index in [1.165, 1.54) is 25.7 Å². The lowest BCUT2D eigenvalue weighted by Gasteiger charge is -2.59. The van der Waals surface area contributed by atoms with Crippen LogP contribution < -0.4 is 4.74 Å². The van der Waals surface area contributed by atoms with Crippen molar-refractivity contribution < 1.29 is 34.4 Å². The van der Waals surface area contributed by atoms with Crippen LogP contribution in [0.25, 0.3) is 0 Å². The van der Waals surface area contributed by atoms with Gasteiger partial charge in [-0.15, -0.1) is 6.58 Å². The number of oxime groups is 1. The minimum absolute atomic E-state index is 0.0662. The number of phenolic OH excluding ortho intramolecular Hbond substituents is 1. The maximum absolute atomic E-state index is 14.0. The van der Waals surface area contributed by atoms with Gasteiger partial charge in [-0.2, -0.15) is 0 Å². The molecular formula is C37H54N2O7. The topological polar surface area (TPSA) is 121 Å². The number of hydrogen-bond donors (Lipinski definition) is 3. The number of nitrogens with zero attached hydrogens (tertiary/aromatic N) is 2. The number of carbonyl (C=O) groups excluding carboxylic acids is 1. The number of allylic oxidation sites excluding steroid dienone is 1. The van der Waals surface area contributed by atoms with Crippen molar-refractivity contribution in [1.82, 2.24) is 4.90 Å². The minimum atomic E-state index is -1.23. The van der Waals surface area contributed by atoms with E-state index in [0.717, 1.165) is 55.4 Å². The number of phenols is 1. The second-order valence-corrected chi connectivity index (χ2v) is 13.7. The van der Waals surface area contributed by atoms with Crippen molar-refractivity contribution in [2.45, 2.75) is 101 Å². The van der Waals surface area contributed by atoms with Gasteiger partial charge in [0.05, 0.1) is 18.2 Å². The zero-order valence-corrected chi connectivity index (χ0v) is 27.7. The van der Waals surface area contributed by atoms with E-state index in [1.807, 2.05) is 24.1 Å². The largest absolute Gasteiger partial charge is 0.508 e. The first-order chi connectivity index (χ1) is 22.4. The van der Waals surface area contributed by atoms with E-state index in [9.17, 15) is 20.1 Å². The first-order valence-electron chi connectivity index (χ1n) is 17.4. The second-order valence-electron chi connectivity index (χ2n) is 13.7. The van der Waals surface area contributed by atoms with Crippen LogP contribution in [0, 0.1) is 23.7 Å². The SMILES string of the molecule is C=CCOC12Oc3ccc(O)cc3C3C(CCCCO)C(CCCCO)C=C(C(=NOC)CC1N(C)C(=O)CCC1CCCC1)C32. The van der Waals surface area contributed by atoms with Gasteiger partial charge in [0.25, 0.3) is 0 Å². The molecule has 1 heterocycles. The highest BCUT2D eigenvalue weighted by Crippen LogP contribution is 2.61. The van der Waals surface area contributed by atoms with Crippen molar-refractivity contribution in [1.29, 1.82) is 0 Å². The molecule has 3 N–H and O–H groups in total. The van der Waals surface area contributed by atoms with E-state index in [-0.39, 0.29) is 55.1 Å². The Kier molecular flexibility index (Phi) is 11.8. The molecule has 0 spiro atoms. The molecule has 1 aromatic carbocycles. The van der Waals surface area contributed by atoms with Gasteiger partial charge in [-0.1, -0.05) is 55.8 Å². The van der Waals surface area contributed by atoms with Crippen molar-refractivity contribution >= 4 is 11.6 Å². The molecule has 1 aliphatic heterocycles. The Morgan fingerprint density at radius 1 is 1.13 bits per heavy atom. The summed E-state index contributed by atoms with van der Waals surface area (Å²) in [6.45, 7) is 4.46. The molecule has 6 unspecified atom stereocenters. The predicted molar refractivity (Wildman–Crippen MR) is 178 cm³/mol. The van der Waals surface area contributed by atoms with Crippen LogP contribution in [-0.2, 0) is 14.4 Å². The summed E-state index contributed by atoms with van der Waals surface area (Å²) < 4.78 is 13.9. The number of rotatable bonds is 16. The van der Waals surface area contributed by atoms with E-state index < -0.39 is 11.8 Å². The fourth-order valence-electron chi connectivity index (χ4n) is 8.82. The number of unbranched alkanes of at least 4 members (excludes halogenated alkanes) is 2. The van der Waals surface area contributed by atoms with Gasteiger partial charge in [0.15, 0.2) is 0 Å². The number of aliphatic hydroxyl groups excluding tert-OH is 2. The van der Waals surface area contributed by atoms with Crippen molar-refractivity contribution in [2.24, 2.45) is 28.8 Å². The lowest BCUT2D eigenvalue weighted by Crippen LogP contribution is -2.69. The first kappa shape index (κ1) is 34.5. The van der Waals surface area contributed by atoms with Gasteiger partial charge in [-0.3, -0.25) is 4.79 Å². The molecule has 4 aliphatic rings. The number of likely N-dealkylation sites (N-methyl/N-ethyl adjacent to an activating group) is 1. The maximum Gasteiger partial charge on any atom is 0.239 e. The smallest absolute Gasteiger partial charge is 0.239 e. The average Bonchev–Trinajstić information content (AvgIpc) is 3.58. The second kappa shape index (κ2) is 15.8. The van der Waals surface area contributed by atoms with Gasteiger partial charge in [-0.05, 0) is 73.6 Å². The summed E-state index contributed by atoms with van der Waals surface area (Å²) in [5.41, 5.74) is 2.70. The lowest BCUT2D eigenvalue weighted by molar-refractivity contribution is -0.255. The fourth-order valence-corrected chi connectivity index (χ4v) is 8.82. The summed E-state index contributed by atoms with van der Waals surface area (Å²) in [6.07, 6.45) is 15.6. The molecule has 3 aliphatic carbocycles. The number of aliphatic hydroxyl groups is 2. The quantitative estimate of drug-likeness (QED) is 0.114. The third-order valence-corrected chi connectivity index (χ3v) is 11.0. The molecule has 5 rings (SSSR count). The molecular weight excluding hydrogens is 584 g/mol. The van der Waals surface area contributed by atoms with Crippen molar-refractivity contribution in [2.75, 3.05) is 34.0 Å². The average molecular weight is 639 g/mol. The number of benzene rings is 1. The van der Waals surface area contributed by atoms with E-state index in [4.69, 9.17) is 14.3 Å². The molecule has 9 nitrogen and oxygen atoms in total. The van der Waals surface area contributed by atoms with Crippen LogP contribution in [0.4, 0.5) is 0 Å². The Bertz CT molecular complexity index is 1260. The van der Waals surface area contributed by atoms with Gasteiger partial charge >= 0.3 is 0 Å². The summed E-state index contributed by atoms with van der Waals surface area (Å²) in [5, 5.41) is 34.6. The van der Waals surface area contributed by atoms with Crippen molar-refractivity contribution in [3.05, 3.63) is 48.1 Å². The van der Waals surface area contributed by atoms with E-state index in [0.29, 0.717) is 30.9 Å². The predicted octanol–water partition coefficient (Wildman–Crippen LogP) is 6.08. The molecule has 46 heavy (non-hydrogen) atoms.